The number of sulfonamides is 1. The predicted octanol–water partition coefficient (Wildman–Crippen LogP) is 2.42. The molecule has 1 aromatic rings. The van der Waals surface area contributed by atoms with E-state index >= 15 is 0 Å². The summed E-state index contributed by atoms with van der Waals surface area (Å²) in [6, 6.07) is 6.87. The Morgan fingerprint density at radius 2 is 1.95 bits per heavy atom. The van der Waals surface area contributed by atoms with Crippen LogP contribution in [0.4, 0.5) is 0 Å². The highest BCUT2D eigenvalue weighted by Gasteiger charge is 2.28. The van der Waals surface area contributed by atoms with Gasteiger partial charge in [-0.2, -0.15) is 0 Å². The fourth-order valence-corrected chi connectivity index (χ4v) is 4.04. The van der Waals surface area contributed by atoms with E-state index in [0.29, 0.717) is 17.2 Å². The molecule has 110 valence electrons. The van der Waals surface area contributed by atoms with Crippen molar-refractivity contribution in [3.8, 4) is 0 Å². The van der Waals surface area contributed by atoms with E-state index in [9.17, 15) is 13.2 Å². The van der Waals surface area contributed by atoms with Crippen LogP contribution in [0.3, 0.4) is 0 Å². The molecule has 1 aliphatic rings. The molecule has 1 saturated carbocycles. The third-order valence-electron chi connectivity index (χ3n) is 3.89. The normalized spacial score (nSPS) is 22.9. The van der Waals surface area contributed by atoms with Gasteiger partial charge in [-0.1, -0.05) is 17.7 Å². The van der Waals surface area contributed by atoms with Crippen LogP contribution in [0, 0.1) is 12.8 Å². The van der Waals surface area contributed by atoms with E-state index in [1.54, 1.807) is 24.3 Å². The molecular weight excluding hydrogens is 274 g/mol. The second kappa shape index (κ2) is 6.50. The molecule has 0 heterocycles. The van der Waals surface area contributed by atoms with Gasteiger partial charge >= 0.3 is 0 Å². The van der Waals surface area contributed by atoms with Crippen molar-refractivity contribution >= 4 is 16.3 Å². The van der Waals surface area contributed by atoms with Crippen LogP contribution >= 0.6 is 0 Å². The Hall–Kier alpha value is -1.20. The predicted molar refractivity (Wildman–Crippen MR) is 77.9 cm³/mol. The molecule has 0 bridgehead atoms. The van der Waals surface area contributed by atoms with Crippen molar-refractivity contribution in [2.75, 3.05) is 0 Å². The Morgan fingerprint density at radius 3 is 2.60 bits per heavy atom. The molecule has 0 aromatic heterocycles. The summed E-state index contributed by atoms with van der Waals surface area (Å²) in [7, 11) is -3.42. The number of hydrogen-bond acceptors (Lipinski definition) is 3. The van der Waals surface area contributed by atoms with Crippen molar-refractivity contribution in [3.05, 3.63) is 29.8 Å². The van der Waals surface area contributed by atoms with Gasteiger partial charge in [-0.15, -0.1) is 0 Å². The molecule has 1 aromatic carbocycles. The third-order valence-corrected chi connectivity index (χ3v) is 5.42. The number of carbonyl (C=O) groups is 1. The van der Waals surface area contributed by atoms with E-state index in [-0.39, 0.29) is 6.04 Å². The largest absolute Gasteiger partial charge is 0.303 e. The maximum atomic E-state index is 12.3. The second-order valence-electron chi connectivity index (χ2n) is 5.55. The molecule has 2 unspecified atom stereocenters. The molecule has 0 amide bonds. The van der Waals surface area contributed by atoms with Gasteiger partial charge in [0.2, 0.25) is 10.0 Å². The van der Waals surface area contributed by atoms with Crippen LogP contribution in [0.25, 0.3) is 0 Å². The van der Waals surface area contributed by atoms with Crippen molar-refractivity contribution in [2.24, 2.45) is 5.92 Å². The lowest BCUT2D eigenvalue weighted by molar-refractivity contribution is -0.108. The van der Waals surface area contributed by atoms with E-state index in [0.717, 1.165) is 37.5 Å². The topological polar surface area (TPSA) is 63.2 Å². The molecule has 5 heteroatoms. The van der Waals surface area contributed by atoms with Crippen molar-refractivity contribution < 1.29 is 13.2 Å². The lowest BCUT2D eigenvalue weighted by atomic mass is 10.0. The summed E-state index contributed by atoms with van der Waals surface area (Å²) in [5.41, 5.74) is 1.04. The lowest BCUT2D eigenvalue weighted by Crippen LogP contribution is -2.33. The first kappa shape index (κ1) is 15.2. The molecule has 0 spiro atoms. The lowest BCUT2D eigenvalue weighted by Gasteiger charge is -2.13. The number of rotatable bonds is 6. The first-order valence-corrected chi connectivity index (χ1v) is 8.52. The van der Waals surface area contributed by atoms with Gasteiger partial charge in [-0.3, -0.25) is 0 Å². The Kier molecular flexibility index (Phi) is 4.94. The fraction of sp³-hybridized carbons (Fsp3) is 0.533. The first-order valence-electron chi connectivity index (χ1n) is 7.04. The van der Waals surface area contributed by atoms with Crippen molar-refractivity contribution in [3.63, 3.8) is 0 Å². The summed E-state index contributed by atoms with van der Waals surface area (Å²) >= 11 is 0. The quantitative estimate of drug-likeness (QED) is 0.820. The maximum Gasteiger partial charge on any atom is 0.240 e. The summed E-state index contributed by atoms with van der Waals surface area (Å²) in [5, 5.41) is 0. The summed E-state index contributed by atoms with van der Waals surface area (Å²) < 4.78 is 27.3. The Labute approximate surface area is 120 Å². The summed E-state index contributed by atoms with van der Waals surface area (Å²) in [5.74, 6) is 0.464. The van der Waals surface area contributed by atoms with Gasteiger partial charge < -0.3 is 4.79 Å². The molecule has 0 saturated heterocycles. The minimum atomic E-state index is -3.42. The second-order valence-corrected chi connectivity index (χ2v) is 7.27. The van der Waals surface area contributed by atoms with Gasteiger partial charge in [0.05, 0.1) is 4.90 Å². The molecule has 0 aliphatic heterocycles. The Morgan fingerprint density at radius 1 is 1.25 bits per heavy atom. The molecule has 2 rings (SSSR count). The monoisotopic (exact) mass is 295 g/mol. The van der Waals surface area contributed by atoms with Crippen LogP contribution in [0.1, 0.15) is 37.7 Å². The van der Waals surface area contributed by atoms with Crippen LogP contribution in [-0.2, 0) is 14.8 Å². The molecule has 1 N–H and O–H groups in total. The summed E-state index contributed by atoms with van der Waals surface area (Å²) in [6.07, 6.45) is 5.06. The molecule has 0 radical (unpaired) electrons. The Balaban J connectivity index is 1.96. The number of aldehydes is 1. The van der Waals surface area contributed by atoms with Crippen molar-refractivity contribution in [2.45, 2.75) is 50.0 Å². The fourth-order valence-electron chi connectivity index (χ4n) is 2.75. The van der Waals surface area contributed by atoms with Crippen LogP contribution in [0.15, 0.2) is 29.2 Å². The standard InChI is InChI=1S/C15H21NO3S/c1-12-4-8-15(9-5-12)20(18,19)16-14-7-6-13(11-14)3-2-10-17/h4-5,8-10,13-14,16H,2-3,6-7,11H2,1H3. The number of carbonyl (C=O) groups excluding carboxylic acids is 1. The van der Waals surface area contributed by atoms with E-state index < -0.39 is 10.0 Å². The highest BCUT2D eigenvalue weighted by atomic mass is 32.2. The molecule has 1 fully saturated rings. The van der Waals surface area contributed by atoms with Gasteiger partial charge in [-0.25, -0.2) is 13.1 Å². The van der Waals surface area contributed by atoms with Crippen molar-refractivity contribution in [1.82, 2.24) is 4.72 Å². The average molecular weight is 295 g/mol. The van der Waals surface area contributed by atoms with Gasteiger partial charge in [0.1, 0.15) is 6.29 Å². The van der Waals surface area contributed by atoms with E-state index in [1.807, 2.05) is 6.92 Å². The molecule has 4 nitrogen and oxygen atoms in total. The molecular formula is C15H21NO3S. The maximum absolute atomic E-state index is 12.3. The zero-order chi connectivity index (χ0) is 14.6. The number of nitrogens with one attached hydrogen (secondary N) is 1. The average Bonchev–Trinajstić information content (AvgIpc) is 2.83. The van der Waals surface area contributed by atoms with E-state index in [2.05, 4.69) is 4.72 Å². The zero-order valence-electron chi connectivity index (χ0n) is 11.7. The summed E-state index contributed by atoms with van der Waals surface area (Å²) in [6.45, 7) is 1.93. The molecule has 2 atom stereocenters. The van der Waals surface area contributed by atoms with Crippen LogP contribution in [0.2, 0.25) is 0 Å². The van der Waals surface area contributed by atoms with Gasteiger partial charge in [0.25, 0.3) is 0 Å². The van der Waals surface area contributed by atoms with Gasteiger partial charge in [-0.05, 0) is 50.7 Å². The van der Waals surface area contributed by atoms with Crippen LogP contribution in [0.5, 0.6) is 0 Å². The van der Waals surface area contributed by atoms with Gasteiger partial charge in [0, 0.05) is 12.5 Å². The SMILES string of the molecule is Cc1ccc(S(=O)(=O)NC2CCC(CCC=O)C2)cc1. The van der Waals surface area contributed by atoms with Crippen molar-refractivity contribution in [1.29, 1.82) is 0 Å². The minimum Gasteiger partial charge on any atom is -0.303 e. The molecule has 20 heavy (non-hydrogen) atoms. The van der Waals surface area contributed by atoms with Crippen LogP contribution < -0.4 is 4.72 Å². The first-order chi connectivity index (χ1) is 9.51. The number of hydrogen-bond donors (Lipinski definition) is 1. The smallest absolute Gasteiger partial charge is 0.240 e. The number of benzene rings is 1. The van der Waals surface area contributed by atoms with E-state index in [1.165, 1.54) is 0 Å². The zero-order valence-corrected chi connectivity index (χ0v) is 12.5. The van der Waals surface area contributed by atoms with Crippen LogP contribution in [-0.4, -0.2) is 20.7 Å². The highest BCUT2D eigenvalue weighted by molar-refractivity contribution is 7.89. The third kappa shape index (κ3) is 3.90. The minimum absolute atomic E-state index is 0.00189. The highest BCUT2D eigenvalue weighted by Crippen LogP contribution is 2.29. The summed E-state index contributed by atoms with van der Waals surface area (Å²) in [4.78, 5) is 10.7. The van der Waals surface area contributed by atoms with E-state index in [4.69, 9.17) is 0 Å². The molecule has 1 aliphatic carbocycles. The van der Waals surface area contributed by atoms with Gasteiger partial charge in [0.15, 0.2) is 0 Å². The Bertz CT molecular complexity index is 551. The number of aryl methyl sites for hydroxylation is 1.